The predicted molar refractivity (Wildman–Crippen MR) is 47.0 cm³/mol. The highest BCUT2D eigenvalue weighted by Crippen LogP contribution is 1.93. The molecule has 1 heteroatoms. The molecule has 1 radical (unpaired) electrons. The normalized spacial score (nSPS) is 10.8. The van der Waals surface area contributed by atoms with Gasteiger partial charge in [-0.05, 0) is 18.9 Å². The van der Waals surface area contributed by atoms with Gasteiger partial charge in [-0.1, -0.05) is 33.6 Å². The quantitative estimate of drug-likeness (QED) is 0.561. The van der Waals surface area contributed by atoms with Crippen molar-refractivity contribution in [3.8, 4) is 0 Å². The number of hydrogen-bond acceptors (Lipinski definition) is 1. The Morgan fingerprint density at radius 1 is 1.20 bits per heavy atom. The first-order valence-corrected chi connectivity index (χ1v) is 4.27. The van der Waals surface area contributed by atoms with Gasteiger partial charge < -0.3 is 5.32 Å². The number of hydrogen-bond donors (Lipinski definition) is 1. The third kappa shape index (κ3) is 7.96. The average Bonchev–Trinajstić information content (AvgIpc) is 1.87. The van der Waals surface area contributed by atoms with Crippen LogP contribution in [0.1, 0.15) is 40.0 Å². The van der Waals surface area contributed by atoms with Crippen LogP contribution in [0.5, 0.6) is 0 Å². The Kier molecular flexibility index (Phi) is 7.04. The van der Waals surface area contributed by atoms with Crippen molar-refractivity contribution in [1.29, 1.82) is 0 Å². The van der Waals surface area contributed by atoms with Crippen LogP contribution >= 0.6 is 0 Å². The maximum Gasteiger partial charge on any atom is 0.000811 e. The maximum absolute atomic E-state index is 3.38. The second kappa shape index (κ2) is 7.07. The number of unbranched alkanes of at least 4 members (excludes halogenated alkanes) is 2. The lowest BCUT2D eigenvalue weighted by atomic mass is 10.2. The zero-order valence-corrected chi connectivity index (χ0v) is 7.54. The Hall–Kier alpha value is -0.0400. The zero-order chi connectivity index (χ0) is 7.82. The van der Waals surface area contributed by atoms with Crippen molar-refractivity contribution in [3.05, 3.63) is 5.92 Å². The van der Waals surface area contributed by atoms with Crippen molar-refractivity contribution in [3.63, 3.8) is 0 Å². The Labute approximate surface area is 65.2 Å². The molecule has 0 aliphatic rings. The fourth-order valence-electron chi connectivity index (χ4n) is 0.838. The molecule has 0 rings (SSSR count). The van der Waals surface area contributed by atoms with Gasteiger partial charge in [0.2, 0.25) is 0 Å². The third-order valence-electron chi connectivity index (χ3n) is 1.44. The van der Waals surface area contributed by atoms with Crippen molar-refractivity contribution >= 4 is 0 Å². The van der Waals surface area contributed by atoms with Crippen LogP contribution in [0.4, 0.5) is 0 Å². The van der Waals surface area contributed by atoms with Gasteiger partial charge in [0, 0.05) is 6.54 Å². The Morgan fingerprint density at radius 2 is 1.90 bits per heavy atom. The van der Waals surface area contributed by atoms with E-state index >= 15 is 0 Å². The van der Waals surface area contributed by atoms with Crippen molar-refractivity contribution in [2.75, 3.05) is 13.1 Å². The summed E-state index contributed by atoms with van der Waals surface area (Å²) in [5.41, 5.74) is 0. The van der Waals surface area contributed by atoms with Crippen LogP contribution in [0.3, 0.4) is 0 Å². The molecule has 10 heavy (non-hydrogen) atoms. The smallest absolute Gasteiger partial charge is 0.000811 e. The van der Waals surface area contributed by atoms with E-state index in [9.17, 15) is 0 Å². The molecule has 0 fully saturated rings. The van der Waals surface area contributed by atoms with Gasteiger partial charge in [0.15, 0.2) is 0 Å². The molecule has 0 aromatic heterocycles. The van der Waals surface area contributed by atoms with Gasteiger partial charge in [-0.3, -0.25) is 0 Å². The summed E-state index contributed by atoms with van der Waals surface area (Å²) in [6.07, 6.45) is 4.00. The van der Waals surface area contributed by atoms with Gasteiger partial charge >= 0.3 is 0 Å². The number of rotatable bonds is 6. The van der Waals surface area contributed by atoms with E-state index in [1.54, 1.807) is 0 Å². The predicted octanol–water partition coefficient (Wildman–Crippen LogP) is 2.38. The average molecular weight is 142 g/mol. The largest absolute Gasteiger partial charge is 0.316 e. The summed E-state index contributed by atoms with van der Waals surface area (Å²) in [5.74, 6) is 1.47. The Bertz CT molecular complexity index is 59.7. The van der Waals surface area contributed by atoms with Crippen molar-refractivity contribution < 1.29 is 0 Å². The van der Waals surface area contributed by atoms with E-state index in [0.29, 0.717) is 0 Å². The van der Waals surface area contributed by atoms with Crippen LogP contribution in [-0.4, -0.2) is 13.1 Å². The van der Waals surface area contributed by atoms with Crippen LogP contribution in [-0.2, 0) is 0 Å². The van der Waals surface area contributed by atoms with E-state index < -0.39 is 0 Å². The molecule has 0 aliphatic heterocycles. The lowest BCUT2D eigenvalue weighted by Gasteiger charge is -2.05. The minimum absolute atomic E-state index is 1.09. The standard InChI is InChI=1S/C9H20N/c1-4-5-6-7-10-8-9(2)3/h10H,4-8H2,1-3H3. The summed E-state index contributed by atoms with van der Waals surface area (Å²) < 4.78 is 0. The Morgan fingerprint density at radius 3 is 2.40 bits per heavy atom. The lowest BCUT2D eigenvalue weighted by molar-refractivity contribution is 0.622. The summed E-state index contributed by atoms with van der Waals surface area (Å²) in [6, 6.07) is 0. The highest BCUT2D eigenvalue weighted by atomic mass is 14.8. The fourth-order valence-corrected chi connectivity index (χ4v) is 0.838. The topological polar surface area (TPSA) is 12.0 Å². The zero-order valence-electron chi connectivity index (χ0n) is 7.54. The van der Waals surface area contributed by atoms with Crippen molar-refractivity contribution in [1.82, 2.24) is 5.32 Å². The molecule has 1 N–H and O–H groups in total. The Balaban J connectivity index is 2.77. The maximum atomic E-state index is 3.38. The van der Waals surface area contributed by atoms with Crippen LogP contribution in [0.15, 0.2) is 0 Å². The molecular weight excluding hydrogens is 122 g/mol. The van der Waals surface area contributed by atoms with Crippen LogP contribution in [0, 0.1) is 5.92 Å². The highest BCUT2D eigenvalue weighted by molar-refractivity contribution is 4.79. The SMILES string of the molecule is CCCCCNC[C](C)C. The van der Waals surface area contributed by atoms with Gasteiger partial charge in [-0.25, -0.2) is 0 Å². The molecular formula is C9H20N. The van der Waals surface area contributed by atoms with Crippen LogP contribution < -0.4 is 5.32 Å². The molecule has 0 atom stereocenters. The molecule has 0 aromatic carbocycles. The summed E-state index contributed by atoms with van der Waals surface area (Å²) in [6.45, 7) is 8.82. The molecule has 61 valence electrons. The van der Waals surface area contributed by atoms with E-state index in [-0.39, 0.29) is 0 Å². The molecule has 0 aliphatic carbocycles. The first kappa shape index (κ1) is 9.96. The first-order chi connectivity index (χ1) is 4.77. The van der Waals surface area contributed by atoms with E-state index in [4.69, 9.17) is 0 Å². The van der Waals surface area contributed by atoms with Crippen molar-refractivity contribution in [2.24, 2.45) is 0 Å². The summed E-state index contributed by atoms with van der Waals surface area (Å²) >= 11 is 0. The second-order valence-corrected chi connectivity index (χ2v) is 3.09. The summed E-state index contributed by atoms with van der Waals surface area (Å²) in [7, 11) is 0. The van der Waals surface area contributed by atoms with Crippen LogP contribution in [0.25, 0.3) is 0 Å². The fraction of sp³-hybridized carbons (Fsp3) is 0.889. The molecule has 0 bridgehead atoms. The van der Waals surface area contributed by atoms with E-state index in [0.717, 1.165) is 6.54 Å². The lowest BCUT2D eigenvalue weighted by Crippen LogP contribution is -2.19. The molecule has 0 spiro atoms. The van der Waals surface area contributed by atoms with Crippen molar-refractivity contribution in [2.45, 2.75) is 40.0 Å². The van der Waals surface area contributed by atoms with E-state index in [1.165, 1.54) is 31.7 Å². The minimum atomic E-state index is 1.09. The monoisotopic (exact) mass is 142 g/mol. The molecule has 0 amide bonds. The van der Waals surface area contributed by atoms with Gasteiger partial charge in [0.1, 0.15) is 0 Å². The molecule has 0 unspecified atom stereocenters. The molecule has 0 saturated carbocycles. The highest BCUT2D eigenvalue weighted by Gasteiger charge is 1.91. The molecule has 1 nitrogen and oxygen atoms in total. The summed E-state index contributed by atoms with van der Waals surface area (Å²) in [4.78, 5) is 0. The van der Waals surface area contributed by atoms with Gasteiger partial charge in [-0.15, -0.1) is 0 Å². The number of nitrogens with one attached hydrogen (secondary N) is 1. The summed E-state index contributed by atoms with van der Waals surface area (Å²) in [5, 5.41) is 3.38. The first-order valence-electron chi connectivity index (χ1n) is 4.27. The van der Waals surface area contributed by atoms with Crippen LogP contribution in [0.2, 0.25) is 0 Å². The van der Waals surface area contributed by atoms with Gasteiger partial charge in [0.05, 0.1) is 0 Å². The van der Waals surface area contributed by atoms with Gasteiger partial charge in [0.25, 0.3) is 0 Å². The second-order valence-electron chi connectivity index (χ2n) is 3.09. The van der Waals surface area contributed by atoms with Gasteiger partial charge in [-0.2, -0.15) is 0 Å². The minimum Gasteiger partial charge on any atom is -0.316 e. The van der Waals surface area contributed by atoms with E-state index in [1.807, 2.05) is 0 Å². The molecule has 0 heterocycles. The molecule has 0 aromatic rings. The molecule has 0 saturated heterocycles. The third-order valence-corrected chi connectivity index (χ3v) is 1.44. The van der Waals surface area contributed by atoms with E-state index in [2.05, 4.69) is 26.1 Å².